The van der Waals surface area contributed by atoms with Gasteiger partial charge in [-0.2, -0.15) is 0 Å². The average Bonchev–Trinajstić information content (AvgIpc) is 2.58. The summed E-state index contributed by atoms with van der Waals surface area (Å²) in [5, 5.41) is 0. The van der Waals surface area contributed by atoms with Gasteiger partial charge >= 0.3 is 0 Å². The van der Waals surface area contributed by atoms with E-state index in [0.29, 0.717) is 18.1 Å². The normalized spacial score (nSPS) is 11.2. The van der Waals surface area contributed by atoms with Gasteiger partial charge in [0.1, 0.15) is 16.4 Å². The maximum Gasteiger partial charge on any atom is 0.244 e. The van der Waals surface area contributed by atoms with E-state index >= 15 is 0 Å². The molecule has 0 atom stereocenters. The van der Waals surface area contributed by atoms with E-state index in [0.717, 1.165) is 12.0 Å². The second kappa shape index (κ2) is 7.99. The zero-order valence-corrected chi connectivity index (χ0v) is 14.1. The summed E-state index contributed by atoms with van der Waals surface area (Å²) in [6.45, 7) is 2.77. The van der Waals surface area contributed by atoms with E-state index in [2.05, 4.69) is 4.72 Å². The number of sulfonamides is 1. The summed E-state index contributed by atoms with van der Waals surface area (Å²) in [4.78, 5) is 0.120. The maximum atomic E-state index is 12.5. The van der Waals surface area contributed by atoms with Crippen molar-refractivity contribution in [3.8, 4) is 11.5 Å². The van der Waals surface area contributed by atoms with Crippen LogP contribution in [0.4, 0.5) is 0 Å². The van der Waals surface area contributed by atoms with Gasteiger partial charge in [0.25, 0.3) is 0 Å². The fraction of sp³-hybridized carbons (Fsp3) is 0.294. The van der Waals surface area contributed by atoms with Crippen molar-refractivity contribution in [3.05, 3.63) is 54.1 Å². The second-order valence-electron chi connectivity index (χ2n) is 4.93. The lowest BCUT2D eigenvalue weighted by Gasteiger charge is -2.13. The average molecular weight is 335 g/mol. The van der Waals surface area contributed by atoms with Crippen LogP contribution in [-0.4, -0.2) is 22.1 Å². The number of benzene rings is 2. The summed E-state index contributed by atoms with van der Waals surface area (Å²) in [7, 11) is -2.22. The molecule has 2 aromatic rings. The Bertz CT molecular complexity index is 744. The zero-order chi connectivity index (χ0) is 16.7. The highest BCUT2D eigenvalue weighted by atomic mass is 32.2. The van der Waals surface area contributed by atoms with Crippen LogP contribution < -0.4 is 14.2 Å². The number of ether oxygens (including phenoxy) is 2. The summed E-state index contributed by atoms with van der Waals surface area (Å²) in [5.74, 6) is 1.01. The number of hydrogen-bond acceptors (Lipinski definition) is 4. The number of para-hydroxylation sites is 2. The zero-order valence-electron chi connectivity index (χ0n) is 13.3. The Morgan fingerprint density at radius 1 is 1.00 bits per heavy atom. The molecule has 0 unspecified atom stereocenters. The number of hydrogen-bond donors (Lipinski definition) is 1. The third-order valence-corrected chi connectivity index (χ3v) is 4.69. The molecule has 0 spiro atoms. The molecule has 0 amide bonds. The van der Waals surface area contributed by atoms with Crippen molar-refractivity contribution in [1.29, 1.82) is 0 Å². The summed E-state index contributed by atoms with van der Waals surface area (Å²) in [6, 6.07) is 13.9. The second-order valence-corrected chi connectivity index (χ2v) is 6.67. The van der Waals surface area contributed by atoms with Crippen molar-refractivity contribution in [2.75, 3.05) is 13.7 Å². The van der Waals surface area contributed by atoms with Crippen molar-refractivity contribution in [1.82, 2.24) is 4.72 Å². The van der Waals surface area contributed by atoms with E-state index in [1.807, 2.05) is 31.2 Å². The van der Waals surface area contributed by atoms with Gasteiger partial charge in [-0.25, -0.2) is 13.1 Å². The molecule has 0 aromatic heterocycles. The van der Waals surface area contributed by atoms with Gasteiger partial charge in [-0.15, -0.1) is 0 Å². The van der Waals surface area contributed by atoms with E-state index in [1.54, 1.807) is 18.2 Å². The number of rotatable bonds is 8. The minimum Gasteiger partial charge on any atom is -0.495 e. The molecule has 23 heavy (non-hydrogen) atoms. The van der Waals surface area contributed by atoms with Crippen molar-refractivity contribution in [2.24, 2.45) is 0 Å². The first-order valence-corrected chi connectivity index (χ1v) is 8.90. The van der Waals surface area contributed by atoms with Crippen LogP contribution >= 0.6 is 0 Å². The molecule has 0 aliphatic heterocycles. The van der Waals surface area contributed by atoms with Gasteiger partial charge in [0.15, 0.2) is 0 Å². The van der Waals surface area contributed by atoms with E-state index in [-0.39, 0.29) is 11.4 Å². The number of methoxy groups -OCH3 is 1. The Morgan fingerprint density at radius 3 is 2.35 bits per heavy atom. The largest absolute Gasteiger partial charge is 0.495 e. The molecule has 0 aliphatic carbocycles. The van der Waals surface area contributed by atoms with Crippen LogP contribution in [0.5, 0.6) is 11.5 Å². The highest BCUT2D eigenvalue weighted by molar-refractivity contribution is 7.89. The molecule has 0 radical (unpaired) electrons. The van der Waals surface area contributed by atoms with E-state index in [4.69, 9.17) is 9.47 Å². The highest BCUT2D eigenvalue weighted by Crippen LogP contribution is 2.24. The first-order chi connectivity index (χ1) is 11.1. The Labute approximate surface area is 137 Å². The van der Waals surface area contributed by atoms with Crippen LogP contribution in [0.25, 0.3) is 0 Å². The van der Waals surface area contributed by atoms with Crippen LogP contribution in [0.2, 0.25) is 0 Å². The van der Waals surface area contributed by atoms with E-state index in [1.165, 1.54) is 13.2 Å². The summed E-state index contributed by atoms with van der Waals surface area (Å²) >= 11 is 0. The van der Waals surface area contributed by atoms with E-state index < -0.39 is 10.0 Å². The molecule has 124 valence electrons. The molecule has 5 nitrogen and oxygen atoms in total. The molecule has 0 aliphatic rings. The van der Waals surface area contributed by atoms with Gasteiger partial charge in [0, 0.05) is 12.1 Å². The molecule has 0 bridgehead atoms. The maximum absolute atomic E-state index is 12.5. The van der Waals surface area contributed by atoms with Crippen LogP contribution in [-0.2, 0) is 16.6 Å². The van der Waals surface area contributed by atoms with Gasteiger partial charge in [0.05, 0.1) is 13.7 Å². The molecule has 2 rings (SSSR count). The summed E-state index contributed by atoms with van der Waals surface area (Å²) in [5.41, 5.74) is 0.791. The molecule has 1 N–H and O–H groups in total. The first-order valence-electron chi connectivity index (χ1n) is 7.42. The molecule has 2 aromatic carbocycles. The van der Waals surface area contributed by atoms with Crippen molar-refractivity contribution >= 4 is 10.0 Å². The smallest absolute Gasteiger partial charge is 0.244 e. The molecular formula is C17H21NO4S. The lowest BCUT2D eigenvalue weighted by atomic mass is 10.2. The van der Waals surface area contributed by atoms with Gasteiger partial charge in [0.2, 0.25) is 10.0 Å². The summed E-state index contributed by atoms with van der Waals surface area (Å²) in [6.07, 6.45) is 0.890. The fourth-order valence-electron chi connectivity index (χ4n) is 2.09. The molecule has 6 heteroatoms. The first kappa shape index (κ1) is 17.3. The predicted octanol–water partition coefficient (Wildman–Crippen LogP) is 2.96. The minimum atomic E-state index is -3.67. The van der Waals surface area contributed by atoms with Crippen LogP contribution in [0.1, 0.15) is 18.9 Å². The number of nitrogens with one attached hydrogen (secondary N) is 1. The monoisotopic (exact) mass is 335 g/mol. The van der Waals surface area contributed by atoms with Gasteiger partial charge < -0.3 is 9.47 Å². The van der Waals surface area contributed by atoms with Gasteiger partial charge in [-0.1, -0.05) is 37.3 Å². The van der Waals surface area contributed by atoms with Gasteiger partial charge in [-0.3, -0.25) is 0 Å². The van der Waals surface area contributed by atoms with E-state index in [9.17, 15) is 8.42 Å². The third kappa shape index (κ3) is 4.46. The molecule has 0 fully saturated rings. The molecule has 0 saturated heterocycles. The fourth-order valence-corrected chi connectivity index (χ4v) is 3.27. The third-order valence-electron chi connectivity index (χ3n) is 3.25. The van der Waals surface area contributed by atoms with Crippen molar-refractivity contribution < 1.29 is 17.9 Å². The molecular weight excluding hydrogens is 314 g/mol. The summed E-state index contributed by atoms with van der Waals surface area (Å²) < 4.78 is 38.3. The minimum absolute atomic E-state index is 0.120. The Balaban J connectivity index is 2.17. The topological polar surface area (TPSA) is 64.6 Å². The predicted molar refractivity (Wildman–Crippen MR) is 89.2 cm³/mol. The van der Waals surface area contributed by atoms with Crippen LogP contribution in [0, 0.1) is 0 Å². The van der Waals surface area contributed by atoms with Crippen molar-refractivity contribution in [3.63, 3.8) is 0 Å². The lowest BCUT2D eigenvalue weighted by molar-refractivity contribution is 0.314. The van der Waals surface area contributed by atoms with Gasteiger partial charge in [-0.05, 0) is 24.6 Å². The quantitative estimate of drug-likeness (QED) is 0.805. The highest BCUT2D eigenvalue weighted by Gasteiger charge is 2.19. The SMILES string of the molecule is CCCOc1ccccc1CNS(=O)(=O)c1ccccc1OC. The molecule has 0 heterocycles. The van der Waals surface area contributed by atoms with Crippen LogP contribution in [0.15, 0.2) is 53.4 Å². The lowest BCUT2D eigenvalue weighted by Crippen LogP contribution is -2.24. The Morgan fingerprint density at radius 2 is 1.65 bits per heavy atom. The standard InChI is InChI=1S/C17H21NO4S/c1-3-12-22-15-9-5-4-8-14(15)13-18-23(19,20)17-11-7-6-10-16(17)21-2/h4-11,18H,3,12-13H2,1-2H3. The Hall–Kier alpha value is -2.05. The molecule has 0 saturated carbocycles. The Kier molecular flexibility index (Phi) is 6.01. The van der Waals surface area contributed by atoms with Crippen LogP contribution in [0.3, 0.4) is 0 Å². The van der Waals surface area contributed by atoms with Crippen molar-refractivity contribution in [2.45, 2.75) is 24.8 Å².